The number of hydrogen-bond donors (Lipinski definition) is 1. The lowest BCUT2D eigenvalue weighted by atomic mass is 10.2. The molecular formula is C11H14N4OS. The van der Waals surface area contributed by atoms with E-state index in [1.54, 1.807) is 7.11 Å². The number of hydrogen-bond acceptors (Lipinski definition) is 6. The molecule has 0 spiro atoms. The summed E-state index contributed by atoms with van der Waals surface area (Å²) in [6, 6.07) is 7.91. The van der Waals surface area contributed by atoms with Gasteiger partial charge in [0.05, 0.1) is 7.11 Å². The number of nitrogens with zero attached hydrogens (tertiary/aromatic N) is 3. The van der Waals surface area contributed by atoms with Crippen molar-refractivity contribution in [2.45, 2.75) is 6.54 Å². The Bertz CT molecular complexity index is 500. The molecule has 0 aliphatic carbocycles. The van der Waals surface area contributed by atoms with Crippen LogP contribution in [0.1, 0.15) is 5.56 Å². The van der Waals surface area contributed by atoms with Gasteiger partial charge in [-0.1, -0.05) is 18.2 Å². The fraction of sp³-hybridized carbons (Fsp3) is 0.273. The van der Waals surface area contributed by atoms with E-state index in [1.807, 2.05) is 36.2 Å². The number of para-hydroxylation sites is 1. The van der Waals surface area contributed by atoms with E-state index in [1.165, 1.54) is 11.5 Å². The maximum Gasteiger partial charge on any atom is 0.233 e. The van der Waals surface area contributed by atoms with Crippen LogP contribution < -0.4 is 15.4 Å². The molecule has 0 saturated heterocycles. The summed E-state index contributed by atoms with van der Waals surface area (Å²) in [5.41, 5.74) is 6.61. The van der Waals surface area contributed by atoms with E-state index in [0.29, 0.717) is 12.5 Å². The molecule has 2 aromatic rings. The van der Waals surface area contributed by atoms with E-state index >= 15 is 0 Å². The highest BCUT2D eigenvalue weighted by Crippen LogP contribution is 2.23. The number of rotatable bonds is 4. The summed E-state index contributed by atoms with van der Waals surface area (Å²) in [5.74, 6) is 1.19. The minimum Gasteiger partial charge on any atom is -0.496 e. The predicted molar refractivity (Wildman–Crippen MR) is 69.4 cm³/mol. The van der Waals surface area contributed by atoms with Crippen LogP contribution in [0.4, 0.5) is 11.1 Å². The first-order valence-electron chi connectivity index (χ1n) is 5.13. The molecule has 1 heterocycles. The van der Waals surface area contributed by atoms with Gasteiger partial charge in [0.1, 0.15) is 5.75 Å². The van der Waals surface area contributed by atoms with Crippen molar-refractivity contribution in [1.82, 2.24) is 9.36 Å². The molecule has 1 aromatic carbocycles. The summed E-state index contributed by atoms with van der Waals surface area (Å²) >= 11 is 1.29. The second-order valence-corrected chi connectivity index (χ2v) is 4.33. The van der Waals surface area contributed by atoms with E-state index in [9.17, 15) is 0 Å². The third-order valence-electron chi connectivity index (χ3n) is 2.36. The molecule has 0 atom stereocenters. The minimum atomic E-state index is 0.317. The van der Waals surface area contributed by atoms with Gasteiger partial charge in [-0.15, -0.1) is 0 Å². The Labute approximate surface area is 104 Å². The zero-order valence-electron chi connectivity index (χ0n) is 9.75. The second kappa shape index (κ2) is 5.01. The van der Waals surface area contributed by atoms with Gasteiger partial charge in [0.2, 0.25) is 11.1 Å². The summed E-state index contributed by atoms with van der Waals surface area (Å²) in [6.45, 7) is 0.707. The molecule has 2 rings (SSSR count). The fourth-order valence-corrected chi connectivity index (χ4v) is 2.09. The van der Waals surface area contributed by atoms with E-state index in [0.717, 1.165) is 16.4 Å². The maximum absolute atomic E-state index is 5.50. The second-order valence-electron chi connectivity index (χ2n) is 3.60. The van der Waals surface area contributed by atoms with Crippen molar-refractivity contribution in [3.05, 3.63) is 29.8 Å². The van der Waals surface area contributed by atoms with Gasteiger partial charge in [0.15, 0.2) is 0 Å². The van der Waals surface area contributed by atoms with E-state index in [4.69, 9.17) is 10.5 Å². The SMILES string of the molecule is COc1ccccc1CN(C)c1nc(N)ns1. The number of nitrogen functional groups attached to an aromatic ring is 1. The molecule has 0 radical (unpaired) electrons. The molecule has 0 fully saturated rings. The zero-order chi connectivity index (χ0) is 12.3. The predicted octanol–water partition coefficient (Wildman–Crippen LogP) is 1.77. The Morgan fingerprint density at radius 2 is 2.18 bits per heavy atom. The number of anilines is 2. The molecule has 0 aliphatic heterocycles. The first kappa shape index (κ1) is 11.7. The third-order valence-corrected chi connectivity index (χ3v) is 3.20. The van der Waals surface area contributed by atoms with E-state index in [-0.39, 0.29) is 0 Å². The van der Waals surface area contributed by atoms with Crippen molar-refractivity contribution >= 4 is 22.6 Å². The van der Waals surface area contributed by atoms with E-state index in [2.05, 4.69) is 9.36 Å². The fourth-order valence-electron chi connectivity index (χ4n) is 1.54. The lowest BCUT2D eigenvalue weighted by molar-refractivity contribution is 0.409. The van der Waals surface area contributed by atoms with Gasteiger partial charge in [-0.05, 0) is 6.07 Å². The highest BCUT2D eigenvalue weighted by Gasteiger charge is 2.10. The Balaban J connectivity index is 2.15. The van der Waals surface area contributed by atoms with Crippen molar-refractivity contribution in [3.8, 4) is 5.75 Å². The molecule has 0 saturated carbocycles. The lowest BCUT2D eigenvalue weighted by Crippen LogP contribution is -2.16. The topological polar surface area (TPSA) is 64.3 Å². The molecule has 0 aliphatic rings. The molecule has 0 unspecified atom stereocenters. The van der Waals surface area contributed by atoms with E-state index < -0.39 is 0 Å². The van der Waals surface area contributed by atoms with Crippen LogP contribution in [0.25, 0.3) is 0 Å². The lowest BCUT2D eigenvalue weighted by Gasteiger charge is -2.16. The summed E-state index contributed by atoms with van der Waals surface area (Å²) in [4.78, 5) is 6.12. The largest absolute Gasteiger partial charge is 0.496 e. The van der Waals surface area contributed by atoms with Crippen LogP contribution in [0.5, 0.6) is 5.75 Å². The number of ether oxygens (including phenoxy) is 1. The molecule has 0 amide bonds. The highest BCUT2D eigenvalue weighted by atomic mass is 32.1. The molecule has 5 nitrogen and oxygen atoms in total. The van der Waals surface area contributed by atoms with Gasteiger partial charge in [-0.25, -0.2) is 0 Å². The Hall–Kier alpha value is -1.82. The summed E-state index contributed by atoms with van der Waals surface area (Å²) < 4.78 is 9.26. The molecule has 6 heteroatoms. The number of nitrogens with two attached hydrogens (primary N) is 1. The van der Waals surface area contributed by atoms with Crippen LogP contribution in [0, 0.1) is 0 Å². The van der Waals surface area contributed by atoms with Crippen molar-refractivity contribution in [2.24, 2.45) is 0 Å². The Kier molecular flexibility index (Phi) is 3.43. The van der Waals surface area contributed by atoms with Crippen molar-refractivity contribution in [2.75, 3.05) is 24.8 Å². The van der Waals surface area contributed by atoms with Crippen LogP contribution in [0.3, 0.4) is 0 Å². The van der Waals surface area contributed by atoms with Crippen LogP contribution in [-0.4, -0.2) is 23.5 Å². The van der Waals surface area contributed by atoms with Crippen molar-refractivity contribution < 1.29 is 4.74 Å². The van der Waals surface area contributed by atoms with Gasteiger partial charge < -0.3 is 15.4 Å². The normalized spacial score (nSPS) is 10.2. The average Bonchev–Trinajstić information content (AvgIpc) is 2.77. The first-order chi connectivity index (χ1) is 8.20. The molecule has 17 heavy (non-hydrogen) atoms. The van der Waals surface area contributed by atoms with Crippen LogP contribution >= 0.6 is 11.5 Å². The molecule has 90 valence electrons. The van der Waals surface area contributed by atoms with Gasteiger partial charge >= 0.3 is 0 Å². The Morgan fingerprint density at radius 3 is 2.82 bits per heavy atom. The minimum absolute atomic E-state index is 0.317. The van der Waals surface area contributed by atoms with Crippen LogP contribution in [0.2, 0.25) is 0 Å². The standard InChI is InChI=1S/C11H14N4OS/c1-15(11-13-10(12)14-17-11)7-8-5-3-4-6-9(8)16-2/h3-6H,7H2,1-2H3,(H2,12,14). The van der Waals surface area contributed by atoms with Gasteiger partial charge in [-0.2, -0.15) is 9.36 Å². The molecular weight excluding hydrogens is 236 g/mol. The van der Waals surface area contributed by atoms with Crippen LogP contribution in [0.15, 0.2) is 24.3 Å². The van der Waals surface area contributed by atoms with Crippen molar-refractivity contribution in [3.63, 3.8) is 0 Å². The number of aromatic nitrogens is 2. The average molecular weight is 250 g/mol. The number of benzene rings is 1. The third kappa shape index (κ3) is 2.65. The smallest absolute Gasteiger partial charge is 0.233 e. The van der Waals surface area contributed by atoms with Gasteiger partial charge in [0, 0.05) is 30.7 Å². The monoisotopic (exact) mass is 250 g/mol. The molecule has 1 aromatic heterocycles. The summed E-state index contributed by atoms with van der Waals surface area (Å²) in [6.07, 6.45) is 0. The zero-order valence-corrected chi connectivity index (χ0v) is 10.6. The maximum atomic E-state index is 5.50. The molecule has 0 bridgehead atoms. The quantitative estimate of drug-likeness (QED) is 0.895. The summed E-state index contributed by atoms with van der Waals surface area (Å²) in [7, 11) is 3.62. The van der Waals surface area contributed by atoms with Gasteiger partial charge in [0.25, 0.3) is 0 Å². The van der Waals surface area contributed by atoms with Gasteiger partial charge in [-0.3, -0.25) is 0 Å². The van der Waals surface area contributed by atoms with Crippen LogP contribution in [-0.2, 0) is 6.54 Å². The van der Waals surface area contributed by atoms with Crippen molar-refractivity contribution in [1.29, 1.82) is 0 Å². The Morgan fingerprint density at radius 1 is 1.41 bits per heavy atom. The molecule has 2 N–H and O–H groups in total. The number of methoxy groups -OCH3 is 1. The highest BCUT2D eigenvalue weighted by molar-refractivity contribution is 7.09. The summed E-state index contributed by atoms with van der Waals surface area (Å²) in [5, 5.41) is 0.799. The first-order valence-corrected chi connectivity index (χ1v) is 5.90.